The van der Waals surface area contributed by atoms with Gasteiger partial charge in [0.2, 0.25) is 0 Å². The normalized spacial score (nSPS) is 10.8. The van der Waals surface area contributed by atoms with Crippen molar-refractivity contribution in [3.05, 3.63) is 15.6 Å². The minimum absolute atomic E-state index is 0.263. The van der Waals surface area contributed by atoms with Crippen molar-refractivity contribution < 1.29 is 4.79 Å². The average molecular weight is 242 g/mol. The Kier molecular flexibility index (Phi) is 4.85. The van der Waals surface area contributed by atoms with E-state index in [1.54, 1.807) is 0 Å². The lowest BCUT2D eigenvalue weighted by Crippen LogP contribution is -2.29. The molecule has 90 valence electrons. The highest BCUT2D eigenvalue weighted by Crippen LogP contribution is 2.19. The number of aryl methyl sites for hydroxylation is 1. The van der Waals surface area contributed by atoms with E-state index in [9.17, 15) is 4.79 Å². The summed E-state index contributed by atoms with van der Waals surface area (Å²) in [4.78, 5) is 18.6. The van der Waals surface area contributed by atoms with Crippen LogP contribution in [0.3, 0.4) is 0 Å². The number of rotatable bonds is 5. The van der Waals surface area contributed by atoms with E-state index in [4.69, 9.17) is 5.84 Å². The fourth-order valence-electron chi connectivity index (χ4n) is 1.43. The highest BCUT2D eigenvalue weighted by Gasteiger charge is 2.15. The van der Waals surface area contributed by atoms with E-state index < -0.39 is 0 Å². The molecule has 0 aromatic carbocycles. The second-order valence-corrected chi connectivity index (χ2v) is 4.54. The number of thiazole rings is 1. The number of nitrogens with two attached hydrogens (primary N) is 1. The van der Waals surface area contributed by atoms with Crippen LogP contribution in [0.15, 0.2) is 0 Å². The molecule has 0 spiro atoms. The molecule has 5 nitrogen and oxygen atoms in total. The maximum absolute atomic E-state index is 11.4. The lowest BCUT2D eigenvalue weighted by Gasteiger charge is -2.15. The van der Waals surface area contributed by atoms with Gasteiger partial charge in [-0.05, 0) is 20.0 Å². The summed E-state index contributed by atoms with van der Waals surface area (Å²) in [5.41, 5.74) is 2.88. The average Bonchev–Trinajstić information content (AvgIpc) is 2.66. The highest BCUT2D eigenvalue weighted by atomic mass is 32.1. The van der Waals surface area contributed by atoms with Gasteiger partial charge in [-0.1, -0.05) is 13.8 Å². The maximum atomic E-state index is 11.4. The fraction of sp³-hybridized carbons (Fsp3) is 0.600. The Morgan fingerprint density at radius 1 is 1.50 bits per heavy atom. The van der Waals surface area contributed by atoms with Crippen LogP contribution in [0.1, 0.15) is 34.2 Å². The summed E-state index contributed by atoms with van der Waals surface area (Å²) in [5.74, 6) is 4.84. The first-order valence-corrected chi connectivity index (χ1v) is 6.13. The SMILES string of the molecule is CCN(CC)Cc1nc(C)c(C(=O)NN)s1. The van der Waals surface area contributed by atoms with E-state index in [1.165, 1.54) is 11.3 Å². The van der Waals surface area contributed by atoms with Crippen molar-refractivity contribution in [2.24, 2.45) is 5.84 Å². The summed E-state index contributed by atoms with van der Waals surface area (Å²) >= 11 is 1.41. The van der Waals surface area contributed by atoms with Crippen LogP contribution in [0.2, 0.25) is 0 Å². The van der Waals surface area contributed by atoms with Gasteiger partial charge in [-0.15, -0.1) is 11.3 Å². The Morgan fingerprint density at radius 3 is 2.62 bits per heavy atom. The van der Waals surface area contributed by atoms with Crippen molar-refractivity contribution in [3.8, 4) is 0 Å². The number of amides is 1. The maximum Gasteiger partial charge on any atom is 0.277 e. The molecule has 0 aliphatic heterocycles. The van der Waals surface area contributed by atoms with E-state index in [2.05, 4.69) is 29.2 Å². The summed E-state index contributed by atoms with van der Waals surface area (Å²) in [6, 6.07) is 0. The lowest BCUT2D eigenvalue weighted by atomic mass is 10.4. The van der Waals surface area contributed by atoms with Crippen molar-refractivity contribution >= 4 is 17.2 Å². The summed E-state index contributed by atoms with van der Waals surface area (Å²) in [6.45, 7) is 8.79. The number of hydrogen-bond donors (Lipinski definition) is 2. The van der Waals surface area contributed by atoms with Gasteiger partial charge in [-0.25, -0.2) is 10.8 Å². The molecule has 3 N–H and O–H groups in total. The van der Waals surface area contributed by atoms with Crippen LogP contribution in [-0.2, 0) is 6.54 Å². The monoisotopic (exact) mass is 242 g/mol. The molecule has 0 aliphatic carbocycles. The molecular formula is C10H18N4OS. The largest absolute Gasteiger partial charge is 0.297 e. The summed E-state index contributed by atoms with van der Waals surface area (Å²) in [7, 11) is 0. The molecule has 6 heteroatoms. The van der Waals surface area contributed by atoms with E-state index in [0.717, 1.165) is 30.3 Å². The van der Waals surface area contributed by atoms with Crippen molar-refractivity contribution in [2.45, 2.75) is 27.3 Å². The zero-order valence-electron chi connectivity index (χ0n) is 9.91. The zero-order valence-corrected chi connectivity index (χ0v) is 10.7. The minimum Gasteiger partial charge on any atom is -0.297 e. The first kappa shape index (κ1) is 13.1. The Labute approximate surface area is 99.6 Å². The quantitative estimate of drug-likeness (QED) is 0.457. The van der Waals surface area contributed by atoms with Gasteiger partial charge in [0.15, 0.2) is 0 Å². The molecule has 0 saturated heterocycles. The second-order valence-electron chi connectivity index (χ2n) is 3.46. The van der Waals surface area contributed by atoms with Gasteiger partial charge in [-0.2, -0.15) is 0 Å². The molecule has 1 rings (SSSR count). The van der Waals surface area contributed by atoms with Gasteiger partial charge in [0.1, 0.15) is 9.88 Å². The molecule has 1 aromatic heterocycles. The van der Waals surface area contributed by atoms with Gasteiger partial charge >= 0.3 is 0 Å². The Morgan fingerprint density at radius 2 is 2.12 bits per heavy atom. The molecule has 1 heterocycles. The molecule has 0 atom stereocenters. The molecule has 0 unspecified atom stereocenters. The number of nitrogen functional groups attached to an aromatic ring is 1. The molecular weight excluding hydrogens is 224 g/mol. The third-order valence-corrected chi connectivity index (χ3v) is 3.57. The zero-order chi connectivity index (χ0) is 12.1. The van der Waals surface area contributed by atoms with Gasteiger partial charge in [0.25, 0.3) is 5.91 Å². The summed E-state index contributed by atoms with van der Waals surface area (Å²) in [5, 5.41) is 0.958. The standard InChI is InChI=1S/C10H18N4OS/c1-4-14(5-2)6-8-12-7(3)9(16-8)10(15)13-11/h4-6,11H2,1-3H3,(H,13,15). The molecule has 16 heavy (non-hydrogen) atoms. The van der Waals surface area contributed by atoms with Crippen LogP contribution in [0.5, 0.6) is 0 Å². The fourth-order valence-corrected chi connectivity index (χ4v) is 2.44. The molecule has 0 saturated carbocycles. The topological polar surface area (TPSA) is 71.2 Å². The number of hydrogen-bond acceptors (Lipinski definition) is 5. The number of carbonyl (C=O) groups is 1. The molecule has 0 radical (unpaired) electrons. The van der Waals surface area contributed by atoms with Gasteiger partial charge < -0.3 is 0 Å². The van der Waals surface area contributed by atoms with E-state index in [1.807, 2.05) is 6.92 Å². The number of hydrazine groups is 1. The molecule has 0 fully saturated rings. The third kappa shape index (κ3) is 3.01. The van der Waals surface area contributed by atoms with Crippen LogP contribution in [0.25, 0.3) is 0 Å². The van der Waals surface area contributed by atoms with Gasteiger partial charge in [0, 0.05) is 0 Å². The predicted octanol–water partition coefficient (Wildman–Crippen LogP) is 0.897. The minimum atomic E-state index is -0.263. The Bertz CT molecular complexity index is 360. The summed E-state index contributed by atoms with van der Waals surface area (Å²) < 4.78 is 0. The number of nitrogens with zero attached hydrogens (tertiary/aromatic N) is 2. The van der Waals surface area contributed by atoms with Crippen molar-refractivity contribution in [3.63, 3.8) is 0 Å². The van der Waals surface area contributed by atoms with Crippen LogP contribution in [-0.4, -0.2) is 28.9 Å². The molecule has 0 bridgehead atoms. The number of carbonyl (C=O) groups excluding carboxylic acids is 1. The number of aromatic nitrogens is 1. The van der Waals surface area contributed by atoms with Crippen molar-refractivity contribution in [1.29, 1.82) is 0 Å². The van der Waals surface area contributed by atoms with E-state index >= 15 is 0 Å². The van der Waals surface area contributed by atoms with Gasteiger partial charge in [-0.3, -0.25) is 15.1 Å². The smallest absolute Gasteiger partial charge is 0.277 e. The first-order chi connectivity index (χ1) is 7.62. The van der Waals surface area contributed by atoms with Crippen LogP contribution < -0.4 is 11.3 Å². The lowest BCUT2D eigenvalue weighted by molar-refractivity contribution is 0.0957. The van der Waals surface area contributed by atoms with Crippen LogP contribution in [0, 0.1) is 6.92 Å². The third-order valence-electron chi connectivity index (χ3n) is 2.43. The van der Waals surface area contributed by atoms with Crippen molar-refractivity contribution in [1.82, 2.24) is 15.3 Å². The highest BCUT2D eigenvalue weighted by molar-refractivity contribution is 7.13. The number of nitrogens with one attached hydrogen (secondary N) is 1. The second kappa shape index (κ2) is 5.93. The van der Waals surface area contributed by atoms with E-state index in [-0.39, 0.29) is 5.91 Å². The van der Waals surface area contributed by atoms with E-state index in [0.29, 0.717) is 4.88 Å². The summed E-state index contributed by atoms with van der Waals surface area (Å²) in [6.07, 6.45) is 0. The van der Waals surface area contributed by atoms with Crippen molar-refractivity contribution in [2.75, 3.05) is 13.1 Å². The predicted molar refractivity (Wildman–Crippen MR) is 65.1 cm³/mol. The van der Waals surface area contributed by atoms with Crippen LogP contribution in [0.4, 0.5) is 0 Å². The first-order valence-electron chi connectivity index (χ1n) is 5.31. The molecule has 1 aromatic rings. The van der Waals surface area contributed by atoms with Gasteiger partial charge in [0.05, 0.1) is 12.2 Å². The molecule has 0 aliphatic rings. The molecule has 1 amide bonds. The Hall–Kier alpha value is -0.980. The van der Waals surface area contributed by atoms with Crippen LogP contribution >= 0.6 is 11.3 Å². The Balaban J connectivity index is 2.80.